The maximum Gasteiger partial charge on any atom is 0.139 e. The van der Waals surface area contributed by atoms with Gasteiger partial charge in [-0.05, 0) is 27.7 Å². The van der Waals surface area contributed by atoms with Gasteiger partial charge in [0.05, 0.1) is 108 Å². The molecule has 5 rings (SSSR count). The molecule has 5 aliphatic rings. The Balaban J connectivity index is 0.000000464. The summed E-state index contributed by atoms with van der Waals surface area (Å²) < 4.78 is 116. The summed E-state index contributed by atoms with van der Waals surface area (Å²) >= 11 is 1.61. The molecule has 5 heterocycles. The van der Waals surface area contributed by atoms with Crippen LogP contribution in [0.25, 0.3) is 0 Å². The standard InChI is InChI=1S/C11H19NO4.C11H22O5.C11H20O4.C10H21NO4.C8H15FO2S/c1-8-10(15-6-4-5-12)11(14-3)9(16-8)7-13-2;1-8-10(15-6-5-12-2)11(14-4)9(16-8)7-13-3;1-5-6-14-10-8(2)15-9(7-12-3)11(10)13-4;1-7-9(14-5-4-11)10(13-3)8(15-7)6-12-2;1-5-7(9)8(11-3)6(12-5)4-10-2/h8-11H,4,6-7H2,1-3H3;8-11H,5-7H2,1-4H3;5,8-11H,1,6-7H2,2-4H3;7-10H,4-6,11H2,1-3H3;5-8H,4H2,1-3H3/t3*8-,9+,10?,11-;7-,8+,9?,10-;5-,6+,7?,8-/m00000/s1. The van der Waals surface area contributed by atoms with E-state index in [-0.39, 0.29) is 114 Å². The van der Waals surface area contributed by atoms with Crippen molar-refractivity contribution in [1.29, 1.82) is 5.26 Å². The van der Waals surface area contributed by atoms with E-state index >= 15 is 0 Å². The van der Waals surface area contributed by atoms with Gasteiger partial charge in [-0.2, -0.15) is 5.26 Å². The summed E-state index contributed by atoms with van der Waals surface area (Å²) in [5.41, 5.74) is 5.40. The predicted octanol–water partition coefficient (Wildman–Crippen LogP) is 3.48. The fraction of sp³-hybridized carbons (Fsp3) is 0.941. The van der Waals surface area contributed by atoms with Crippen LogP contribution < -0.4 is 5.73 Å². The van der Waals surface area contributed by atoms with Gasteiger partial charge in [-0.1, -0.05) is 13.0 Å². The van der Waals surface area contributed by atoms with Crippen LogP contribution >= 0.6 is 11.8 Å². The Morgan fingerprint density at radius 2 is 0.838 bits per heavy atom. The number of alkyl halides is 1. The Labute approximate surface area is 446 Å². The molecule has 20 atom stereocenters. The van der Waals surface area contributed by atoms with E-state index in [1.54, 1.807) is 96.0 Å². The van der Waals surface area contributed by atoms with E-state index in [1.165, 1.54) is 0 Å². The summed E-state index contributed by atoms with van der Waals surface area (Å²) in [4.78, 5) is 0. The third kappa shape index (κ3) is 23.2. The molecule has 0 aromatic carbocycles. The van der Waals surface area contributed by atoms with Crippen molar-refractivity contribution in [2.45, 2.75) is 161 Å². The van der Waals surface area contributed by atoms with E-state index < -0.39 is 6.17 Å². The second kappa shape index (κ2) is 41.7. The van der Waals surface area contributed by atoms with Crippen molar-refractivity contribution >= 4 is 11.8 Å². The summed E-state index contributed by atoms with van der Waals surface area (Å²) in [6.45, 7) is 19.1. The first-order valence-electron chi connectivity index (χ1n) is 25.3. The molecule has 2 N–H and O–H groups in total. The first-order chi connectivity index (χ1) is 35.7. The van der Waals surface area contributed by atoms with Gasteiger partial charge in [0, 0.05) is 90.0 Å². The molecule has 5 unspecified atom stereocenters. The number of rotatable bonds is 28. The van der Waals surface area contributed by atoms with Crippen LogP contribution in [0.4, 0.5) is 4.39 Å². The fourth-order valence-electron chi connectivity index (χ4n) is 9.27. The number of halogens is 1. The number of hydrogen-bond acceptors (Lipinski definition) is 22. The minimum Gasteiger partial charge on any atom is -0.383 e. The quantitative estimate of drug-likeness (QED) is 0.0875. The summed E-state index contributed by atoms with van der Waals surface area (Å²) in [6.07, 6.45) is 0.0554. The van der Waals surface area contributed by atoms with Gasteiger partial charge < -0.3 is 95.7 Å². The molecule has 74 heavy (non-hydrogen) atoms. The van der Waals surface area contributed by atoms with Crippen LogP contribution in [0.3, 0.4) is 0 Å². The number of thioether (sulfide) groups is 1. The van der Waals surface area contributed by atoms with Gasteiger partial charge in [-0.15, -0.1) is 18.3 Å². The van der Waals surface area contributed by atoms with Crippen molar-refractivity contribution < 1.29 is 94.4 Å². The van der Waals surface area contributed by atoms with Crippen LogP contribution in [0, 0.1) is 11.3 Å². The van der Waals surface area contributed by atoms with E-state index in [4.69, 9.17) is 101 Å². The van der Waals surface area contributed by atoms with Crippen LogP contribution in [0.5, 0.6) is 0 Å². The van der Waals surface area contributed by atoms with Crippen molar-refractivity contribution in [3.8, 4) is 6.07 Å². The first kappa shape index (κ1) is 70.7. The smallest absolute Gasteiger partial charge is 0.139 e. The zero-order valence-electron chi connectivity index (χ0n) is 47.4. The minimum atomic E-state index is -0.861. The normalized spacial score (nSPS) is 36.1. The highest BCUT2D eigenvalue weighted by Gasteiger charge is 2.47. The lowest BCUT2D eigenvalue weighted by Crippen LogP contribution is -2.38. The molecule has 0 amide bonds. The fourth-order valence-corrected chi connectivity index (χ4v) is 10.8. The van der Waals surface area contributed by atoms with Crippen molar-refractivity contribution in [1.82, 2.24) is 0 Å². The topological polar surface area (TPSA) is 225 Å². The summed E-state index contributed by atoms with van der Waals surface area (Å²) in [5, 5.41) is 8.62. The van der Waals surface area contributed by atoms with Gasteiger partial charge in [0.25, 0.3) is 0 Å². The van der Waals surface area contributed by atoms with Crippen LogP contribution in [-0.4, -0.2) is 271 Å². The third-order valence-corrected chi connectivity index (χ3v) is 14.1. The van der Waals surface area contributed by atoms with E-state index in [0.717, 1.165) is 0 Å². The molecule has 5 fully saturated rings. The second-order valence-electron chi connectivity index (χ2n) is 17.9. The van der Waals surface area contributed by atoms with E-state index in [0.29, 0.717) is 79.0 Å². The molecule has 0 aromatic heterocycles. The van der Waals surface area contributed by atoms with Gasteiger partial charge in [-0.3, -0.25) is 0 Å². The van der Waals surface area contributed by atoms with Gasteiger partial charge in [-0.25, -0.2) is 4.39 Å². The highest BCUT2D eigenvalue weighted by molar-refractivity contribution is 8.00. The molecule has 0 aliphatic carbocycles. The van der Waals surface area contributed by atoms with Crippen molar-refractivity contribution in [2.24, 2.45) is 5.73 Å². The molecule has 23 heteroatoms. The lowest BCUT2D eigenvalue weighted by atomic mass is 10.1. The van der Waals surface area contributed by atoms with Crippen LogP contribution in [0.1, 0.15) is 41.0 Å². The van der Waals surface area contributed by atoms with Gasteiger partial charge in [0.1, 0.15) is 85.5 Å². The number of methoxy groups -OCH3 is 11. The lowest BCUT2D eigenvalue weighted by molar-refractivity contribution is -0.0644. The lowest BCUT2D eigenvalue weighted by Gasteiger charge is -2.22. The molecule has 0 bridgehead atoms. The Morgan fingerprint density at radius 1 is 0.486 bits per heavy atom. The molecule has 5 saturated heterocycles. The second-order valence-corrected chi connectivity index (χ2v) is 19.5. The number of nitrogens with two attached hydrogens (primary N) is 1. The first-order valence-corrected chi connectivity index (χ1v) is 26.2. The molecule has 438 valence electrons. The van der Waals surface area contributed by atoms with Crippen molar-refractivity contribution in [2.75, 3.05) is 151 Å². The molecule has 0 spiro atoms. The minimum absolute atomic E-state index is 0.0154. The van der Waals surface area contributed by atoms with Gasteiger partial charge >= 0.3 is 0 Å². The van der Waals surface area contributed by atoms with Gasteiger partial charge in [0.2, 0.25) is 0 Å². The summed E-state index contributed by atoms with van der Waals surface area (Å²) in [5.74, 6) is 0. The highest BCUT2D eigenvalue weighted by Crippen LogP contribution is 2.37. The van der Waals surface area contributed by atoms with E-state index in [2.05, 4.69) is 6.58 Å². The van der Waals surface area contributed by atoms with Crippen molar-refractivity contribution in [3.63, 3.8) is 0 Å². The number of ether oxygens (including phenoxy) is 19. The average Bonchev–Trinajstić information content (AvgIpc) is 4.13. The average molecular weight is 1090 g/mol. The molecule has 0 aromatic rings. The largest absolute Gasteiger partial charge is 0.383 e. The van der Waals surface area contributed by atoms with Crippen LogP contribution in [0.15, 0.2) is 12.7 Å². The predicted molar refractivity (Wildman–Crippen MR) is 277 cm³/mol. The zero-order chi connectivity index (χ0) is 55.6. The highest BCUT2D eigenvalue weighted by atomic mass is 32.2. The Kier molecular flexibility index (Phi) is 39.9. The molecular formula is C51H97FN2O19S. The molecule has 0 radical (unpaired) electrons. The molecule has 5 aliphatic heterocycles. The SMILES string of the molecule is C=CCOC1[C@H](C)O[C@H](COC)[C@@H]1OC.COCCOC1[C@H](C)O[C@H](COC)[C@@H]1OC.COC[C@H]1O[C@@H](C)C(OCCC#N)[C@H]1OC.COC[C@H]1O[C@@H](C)C(OCCN)[C@H]1OC.COC[C@H]1S[C@@H](C)C(F)[C@H]1OC. The molecular weight excluding hydrogens is 996 g/mol. The Bertz CT molecular complexity index is 1420. The van der Waals surface area contributed by atoms with E-state index in [9.17, 15) is 4.39 Å². The monoisotopic (exact) mass is 1090 g/mol. The maximum absolute atomic E-state index is 13.4. The number of nitrogens with zero attached hydrogens (tertiary/aromatic N) is 1. The van der Waals surface area contributed by atoms with E-state index in [1.807, 2.05) is 40.7 Å². The Hall–Kier alpha value is -1.29. The molecule has 21 nitrogen and oxygen atoms in total. The van der Waals surface area contributed by atoms with Crippen molar-refractivity contribution in [3.05, 3.63) is 12.7 Å². The van der Waals surface area contributed by atoms with Crippen LogP contribution in [0.2, 0.25) is 0 Å². The summed E-state index contributed by atoms with van der Waals surface area (Å²) in [6, 6.07) is 2.04. The summed E-state index contributed by atoms with van der Waals surface area (Å²) in [7, 11) is 18.0. The third-order valence-electron chi connectivity index (χ3n) is 12.7. The zero-order valence-corrected chi connectivity index (χ0v) is 48.2. The maximum atomic E-state index is 13.4. The van der Waals surface area contributed by atoms with Gasteiger partial charge in [0.15, 0.2) is 0 Å². The number of nitriles is 1. The molecule has 0 saturated carbocycles. The Morgan fingerprint density at radius 3 is 1.15 bits per heavy atom. The van der Waals surface area contributed by atoms with Crippen LogP contribution in [-0.2, 0) is 90.0 Å². The number of hydrogen-bond donors (Lipinski definition) is 1.